The van der Waals surface area contributed by atoms with E-state index in [-0.39, 0.29) is 9.90 Å². The number of unbranched alkanes of at least 4 members (excludes halogenated alkanes) is 3. The van der Waals surface area contributed by atoms with Crippen LogP contribution in [0.5, 0.6) is 0 Å². The van der Waals surface area contributed by atoms with Crippen molar-refractivity contribution in [2.24, 2.45) is 0 Å². The molecule has 1 N–H and O–H groups in total. The van der Waals surface area contributed by atoms with Crippen molar-refractivity contribution in [2.75, 3.05) is 30.8 Å². The molecular weight excluding hydrogens is 286 g/mol. The van der Waals surface area contributed by atoms with Crippen molar-refractivity contribution in [1.82, 2.24) is 0 Å². The van der Waals surface area contributed by atoms with Crippen LogP contribution < -0.4 is 0 Å². The molecule has 0 saturated heterocycles. The molecule has 0 amide bonds. The molecule has 20 heavy (non-hydrogen) atoms. The average molecular weight is 324 g/mol. The maximum atomic E-state index is 11.5. The Morgan fingerprint density at radius 3 is 1.40 bits per heavy atom. The van der Waals surface area contributed by atoms with E-state index < -0.39 is 12.6 Å². The van der Waals surface area contributed by atoms with Crippen molar-refractivity contribution >= 4 is 22.5 Å². The van der Waals surface area contributed by atoms with Gasteiger partial charge in [0, 0.05) is 0 Å². The maximum Gasteiger partial charge on any atom is -0.153 e. The van der Waals surface area contributed by atoms with Crippen LogP contribution in [0.2, 0.25) is 0 Å². The predicted molar refractivity (Wildman–Crippen MR) is 100 cm³/mol. The monoisotopic (exact) mass is 324 g/mol. The first-order chi connectivity index (χ1) is 8.97. The second-order valence-electron chi connectivity index (χ2n) is 6.34. The van der Waals surface area contributed by atoms with Gasteiger partial charge in [0.15, 0.2) is 0 Å². The summed E-state index contributed by atoms with van der Waals surface area (Å²) in [6.45, 7) is 6.91. The summed E-state index contributed by atoms with van der Waals surface area (Å²) in [4.78, 5) is 11.5. The zero-order chi connectivity index (χ0) is 14.8. The molecule has 0 aromatic rings. The van der Waals surface area contributed by atoms with E-state index in [0.717, 1.165) is 6.16 Å². The number of hydrogen-bond donors (Lipinski definition) is 1. The van der Waals surface area contributed by atoms with Gasteiger partial charge in [-0.2, -0.15) is 9.90 Å². The first-order valence-electron chi connectivity index (χ1n) is 8.19. The molecule has 0 aromatic heterocycles. The molecule has 0 spiro atoms. The van der Waals surface area contributed by atoms with Crippen LogP contribution in [0.3, 0.4) is 0 Å². The molecule has 0 radical (unpaired) electrons. The third kappa shape index (κ3) is 6.86. The van der Waals surface area contributed by atoms with Gasteiger partial charge in [-0.3, -0.25) is 0 Å². The van der Waals surface area contributed by atoms with E-state index in [1.54, 1.807) is 0 Å². The van der Waals surface area contributed by atoms with Gasteiger partial charge in [-0.25, -0.2) is 0 Å². The van der Waals surface area contributed by atoms with Crippen LogP contribution in [0.25, 0.3) is 0 Å². The minimum absolute atomic E-state index is 0. The molecule has 0 saturated carbocycles. The van der Waals surface area contributed by atoms with Crippen molar-refractivity contribution in [2.45, 2.75) is 66.2 Å². The summed E-state index contributed by atoms with van der Waals surface area (Å²) in [7, 11) is 0. The number of carbonyl (C=O) groups is 1. The van der Waals surface area contributed by atoms with Gasteiger partial charge in [0.2, 0.25) is 0 Å². The van der Waals surface area contributed by atoms with E-state index in [9.17, 15) is 9.90 Å². The Balaban J connectivity index is 0. The molecule has 0 bridgehead atoms. The summed E-state index contributed by atoms with van der Waals surface area (Å²) < 4.78 is 0. The van der Waals surface area contributed by atoms with Crippen molar-refractivity contribution < 1.29 is 9.90 Å². The molecule has 0 rings (SSSR count). The Labute approximate surface area is 130 Å². The fourth-order valence-electron chi connectivity index (χ4n) is 3.36. The molecule has 0 fully saturated rings. The standard InChI is InChI=1S/C16H35O2P.H3P/c1-5-9-12-19(8-4,13-10-6-2,14-11-7-3)15-16(17)18;/h5-15H2,1-4H3,(H,17,18);1H3. The number of aliphatic carboxylic acids is 1. The molecule has 0 aliphatic carbocycles. The van der Waals surface area contributed by atoms with Gasteiger partial charge in [-0.05, 0) is 0 Å². The SMILES string of the molecule is CCCCP(CC)(CCCC)(CCCC)CC(=O)O.P. The van der Waals surface area contributed by atoms with Gasteiger partial charge in [-0.15, -0.1) is 0 Å². The number of carboxylic acid groups (broad SMARTS) is 1. The van der Waals surface area contributed by atoms with Crippen molar-refractivity contribution in [3.8, 4) is 0 Å². The Kier molecular flexibility index (Phi) is 12.4. The minimum atomic E-state index is -2.03. The molecule has 0 heterocycles. The van der Waals surface area contributed by atoms with E-state index in [1.165, 1.54) is 57.0 Å². The van der Waals surface area contributed by atoms with Crippen LogP contribution in [0.15, 0.2) is 0 Å². The Hall–Kier alpha value is 0.330. The molecule has 1 atom stereocenters. The largest absolute Gasteiger partial charge is 0.153 e. The van der Waals surface area contributed by atoms with Gasteiger partial charge >= 0.3 is 120 Å². The molecule has 124 valence electrons. The summed E-state index contributed by atoms with van der Waals surface area (Å²) in [6.07, 6.45) is 12.5. The Morgan fingerprint density at radius 2 is 1.20 bits per heavy atom. The summed E-state index contributed by atoms with van der Waals surface area (Å²) in [5.74, 6) is -0.553. The molecule has 0 aliphatic heterocycles. The topological polar surface area (TPSA) is 37.3 Å². The summed E-state index contributed by atoms with van der Waals surface area (Å²) in [5, 5.41) is 9.48. The van der Waals surface area contributed by atoms with Crippen LogP contribution in [0, 0.1) is 0 Å². The van der Waals surface area contributed by atoms with E-state index in [0.29, 0.717) is 6.16 Å². The summed E-state index contributed by atoms with van der Waals surface area (Å²) >= 11 is 0. The van der Waals surface area contributed by atoms with Crippen LogP contribution >= 0.6 is 16.5 Å². The van der Waals surface area contributed by atoms with Crippen LogP contribution in [-0.2, 0) is 4.79 Å². The zero-order valence-corrected chi connectivity index (χ0v) is 16.6. The van der Waals surface area contributed by atoms with Crippen LogP contribution in [0.4, 0.5) is 0 Å². The predicted octanol–water partition coefficient (Wildman–Crippen LogP) is 5.10. The van der Waals surface area contributed by atoms with Crippen molar-refractivity contribution in [3.63, 3.8) is 0 Å². The number of carboxylic acids is 1. The van der Waals surface area contributed by atoms with E-state index in [2.05, 4.69) is 27.7 Å². The molecule has 0 aliphatic rings. The van der Waals surface area contributed by atoms with Gasteiger partial charge in [0.05, 0.1) is 0 Å². The van der Waals surface area contributed by atoms with Crippen molar-refractivity contribution in [3.05, 3.63) is 0 Å². The van der Waals surface area contributed by atoms with Gasteiger partial charge in [0.25, 0.3) is 0 Å². The van der Waals surface area contributed by atoms with Crippen LogP contribution in [0.1, 0.15) is 66.2 Å². The molecule has 4 heteroatoms. The number of hydrogen-bond acceptors (Lipinski definition) is 1. The molecular formula is C16H38O2P2. The maximum absolute atomic E-state index is 11.5. The molecule has 1 unspecified atom stereocenters. The zero-order valence-electron chi connectivity index (χ0n) is 14.3. The summed E-state index contributed by atoms with van der Waals surface area (Å²) in [5.41, 5.74) is 0. The summed E-state index contributed by atoms with van der Waals surface area (Å²) in [6, 6.07) is 0. The average Bonchev–Trinajstić information content (AvgIpc) is 2.40. The van der Waals surface area contributed by atoms with Gasteiger partial charge in [-0.1, -0.05) is 0 Å². The third-order valence-corrected chi connectivity index (χ3v) is 12.6. The quantitative estimate of drug-likeness (QED) is 0.507. The second-order valence-corrected chi connectivity index (χ2v) is 13.1. The molecule has 2 nitrogen and oxygen atoms in total. The first-order valence-corrected chi connectivity index (χ1v) is 11.4. The fraction of sp³-hybridized carbons (Fsp3) is 0.938. The Bertz CT molecular complexity index is 243. The second kappa shape index (κ2) is 11.0. The fourth-order valence-corrected chi connectivity index (χ4v) is 10.1. The van der Waals surface area contributed by atoms with E-state index >= 15 is 0 Å². The molecule has 0 aromatic carbocycles. The van der Waals surface area contributed by atoms with E-state index in [1.807, 2.05) is 0 Å². The first kappa shape index (κ1) is 22.6. The number of rotatable bonds is 12. The Morgan fingerprint density at radius 1 is 0.850 bits per heavy atom. The van der Waals surface area contributed by atoms with Gasteiger partial charge < -0.3 is 0 Å². The smallest absolute Gasteiger partial charge is 0.153 e. The van der Waals surface area contributed by atoms with E-state index in [4.69, 9.17) is 0 Å². The normalized spacial score (nSPS) is 13.3. The third-order valence-electron chi connectivity index (χ3n) is 4.91. The van der Waals surface area contributed by atoms with Crippen molar-refractivity contribution in [1.29, 1.82) is 0 Å². The minimum Gasteiger partial charge on any atom is -0.153 e. The van der Waals surface area contributed by atoms with Gasteiger partial charge in [0.1, 0.15) is 0 Å². The van der Waals surface area contributed by atoms with Crippen LogP contribution in [-0.4, -0.2) is 41.9 Å².